The molecule has 0 spiro atoms. The second-order valence-electron chi connectivity index (χ2n) is 7.30. The summed E-state index contributed by atoms with van der Waals surface area (Å²) in [5.74, 6) is 1.63. The Bertz CT molecular complexity index is 992. The van der Waals surface area contributed by atoms with E-state index >= 15 is 0 Å². The molecule has 0 amide bonds. The van der Waals surface area contributed by atoms with Crippen molar-refractivity contribution in [2.45, 2.75) is 32.9 Å². The highest BCUT2D eigenvalue weighted by Gasteiger charge is 2.22. The molecule has 0 saturated carbocycles. The molecular weight excluding hydrogens is 334 g/mol. The van der Waals surface area contributed by atoms with Crippen molar-refractivity contribution in [2.24, 2.45) is 5.92 Å². The summed E-state index contributed by atoms with van der Waals surface area (Å²) in [6, 6.07) is 5.54. The van der Waals surface area contributed by atoms with Gasteiger partial charge in [0.2, 0.25) is 5.58 Å². The molecule has 4 rings (SSSR count). The molecule has 26 heavy (non-hydrogen) atoms. The lowest BCUT2D eigenvalue weighted by Crippen LogP contribution is -2.24. The number of hydrogen-bond donors (Lipinski definition) is 2. The fraction of sp³-hybridized carbons (Fsp3) is 0.474. The van der Waals surface area contributed by atoms with Crippen molar-refractivity contribution in [3.63, 3.8) is 0 Å². The molecule has 0 bridgehead atoms. The van der Waals surface area contributed by atoms with Crippen molar-refractivity contribution < 1.29 is 14.3 Å². The van der Waals surface area contributed by atoms with Gasteiger partial charge in [0.25, 0.3) is 5.56 Å². The van der Waals surface area contributed by atoms with Gasteiger partial charge in [-0.2, -0.15) is 0 Å². The number of aliphatic hydroxyl groups is 1. The minimum absolute atomic E-state index is 0.214. The zero-order chi connectivity index (χ0) is 18.3. The largest absolute Gasteiger partial charge is 0.492 e. The third-order valence-electron chi connectivity index (χ3n) is 4.56. The molecule has 7 nitrogen and oxygen atoms in total. The van der Waals surface area contributed by atoms with Crippen LogP contribution in [-0.2, 0) is 6.54 Å². The van der Waals surface area contributed by atoms with E-state index in [1.54, 1.807) is 0 Å². The van der Waals surface area contributed by atoms with E-state index in [-0.39, 0.29) is 17.2 Å². The summed E-state index contributed by atoms with van der Waals surface area (Å²) in [4.78, 5) is 22.0. The normalized spacial score (nSPS) is 18.4. The van der Waals surface area contributed by atoms with Gasteiger partial charge in [-0.1, -0.05) is 19.9 Å². The number of fused-ring (bicyclic) bond motifs is 3. The highest BCUT2D eigenvalue weighted by Crippen LogP contribution is 2.33. The van der Waals surface area contributed by atoms with Gasteiger partial charge in [0, 0.05) is 13.1 Å². The second-order valence-corrected chi connectivity index (χ2v) is 7.30. The third kappa shape index (κ3) is 3.20. The van der Waals surface area contributed by atoms with Crippen LogP contribution in [0.4, 0.5) is 0 Å². The lowest BCUT2D eigenvalue weighted by Gasteiger charge is -2.13. The van der Waals surface area contributed by atoms with Crippen LogP contribution in [0.3, 0.4) is 0 Å². The average molecular weight is 357 g/mol. The SMILES string of the molecule is CC(C)COc1cccc2oc3c(=O)[nH]c(CN4CC[C@H](O)C4)nc3c12. The van der Waals surface area contributed by atoms with Crippen LogP contribution in [0.25, 0.3) is 22.1 Å². The number of benzene rings is 1. The van der Waals surface area contributed by atoms with Crippen LogP contribution in [0.15, 0.2) is 27.4 Å². The minimum Gasteiger partial charge on any atom is -0.492 e. The molecule has 1 saturated heterocycles. The van der Waals surface area contributed by atoms with E-state index in [4.69, 9.17) is 9.15 Å². The van der Waals surface area contributed by atoms with E-state index in [1.807, 2.05) is 18.2 Å². The highest BCUT2D eigenvalue weighted by atomic mass is 16.5. The first kappa shape index (κ1) is 17.1. The standard InChI is InChI=1S/C19H23N3O4/c1-11(2)10-25-13-4-3-5-14-16(13)17-18(26-14)19(24)21-15(20-17)9-22-7-6-12(23)8-22/h3-5,11-12,23H,6-10H2,1-2H3,(H,20,21,24)/t12-/m0/s1. The van der Waals surface area contributed by atoms with Crippen molar-refractivity contribution in [2.75, 3.05) is 19.7 Å². The van der Waals surface area contributed by atoms with Gasteiger partial charge in [-0.05, 0) is 24.5 Å². The summed E-state index contributed by atoms with van der Waals surface area (Å²) in [7, 11) is 0. The number of aliphatic hydroxyl groups excluding tert-OH is 1. The van der Waals surface area contributed by atoms with E-state index in [1.165, 1.54) is 0 Å². The van der Waals surface area contributed by atoms with E-state index in [2.05, 4.69) is 28.7 Å². The Hall–Kier alpha value is -2.38. The Labute approximate surface area is 150 Å². The summed E-state index contributed by atoms with van der Waals surface area (Å²) < 4.78 is 11.7. The quantitative estimate of drug-likeness (QED) is 0.728. The lowest BCUT2D eigenvalue weighted by atomic mass is 10.2. The van der Waals surface area contributed by atoms with E-state index < -0.39 is 0 Å². The van der Waals surface area contributed by atoms with Crippen LogP contribution in [0.5, 0.6) is 5.75 Å². The van der Waals surface area contributed by atoms with Crippen molar-refractivity contribution in [3.05, 3.63) is 34.4 Å². The predicted octanol–water partition coefficient (Wildman–Crippen LogP) is 2.27. The molecule has 1 aliphatic heterocycles. The van der Waals surface area contributed by atoms with Crippen LogP contribution in [-0.4, -0.2) is 45.8 Å². The van der Waals surface area contributed by atoms with Gasteiger partial charge in [0.05, 0.1) is 24.6 Å². The Balaban J connectivity index is 1.77. The first-order valence-electron chi connectivity index (χ1n) is 8.99. The van der Waals surface area contributed by atoms with Gasteiger partial charge < -0.3 is 19.2 Å². The van der Waals surface area contributed by atoms with E-state index in [0.717, 1.165) is 18.4 Å². The molecule has 1 aromatic carbocycles. The number of β-amino-alcohol motifs (C(OH)–C–C–N with tert-alkyl or cyclic N) is 1. The molecule has 1 aliphatic rings. The molecule has 7 heteroatoms. The number of rotatable bonds is 5. The number of nitrogens with one attached hydrogen (secondary N) is 1. The highest BCUT2D eigenvalue weighted by molar-refractivity contribution is 6.05. The van der Waals surface area contributed by atoms with Gasteiger partial charge in [0.1, 0.15) is 22.7 Å². The predicted molar refractivity (Wildman–Crippen MR) is 98.4 cm³/mol. The van der Waals surface area contributed by atoms with Crippen molar-refractivity contribution in [1.29, 1.82) is 0 Å². The summed E-state index contributed by atoms with van der Waals surface area (Å²) in [6.07, 6.45) is 0.435. The second kappa shape index (κ2) is 6.74. The molecule has 0 aliphatic carbocycles. The number of hydrogen-bond acceptors (Lipinski definition) is 6. The fourth-order valence-electron chi connectivity index (χ4n) is 3.33. The van der Waals surface area contributed by atoms with Crippen LogP contribution >= 0.6 is 0 Å². The van der Waals surface area contributed by atoms with Crippen molar-refractivity contribution in [1.82, 2.24) is 14.9 Å². The topological polar surface area (TPSA) is 91.6 Å². The molecule has 3 aromatic rings. The smallest absolute Gasteiger partial charge is 0.294 e. The molecule has 2 aromatic heterocycles. The van der Waals surface area contributed by atoms with E-state index in [9.17, 15) is 9.90 Å². The first-order chi connectivity index (χ1) is 12.5. The summed E-state index contributed by atoms with van der Waals surface area (Å²) in [5, 5.41) is 10.4. The van der Waals surface area contributed by atoms with E-state index in [0.29, 0.717) is 48.3 Å². The maximum Gasteiger partial charge on any atom is 0.294 e. The van der Waals surface area contributed by atoms with Gasteiger partial charge in [0.15, 0.2) is 0 Å². The lowest BCUT2D eigenvalue weighted by molar-refractivity contribution is 0.174. The summed E-state index contributed by atoms with van der Waals surface area (Å²) in [5.41, 5.74) is 1.03. The van der Waals surface area contributed by atoms with Crippen LogP contribution in [0, 0.1) is 5.92 Å². The van der Waals surface area contributed by atoms with Gasteiger partial charge in [-0.25, -0.2) is 4.98 Å². The molecule has 138 valence electrons. The maximum absolute atomic E-state index is 12.5. The Morgan fingerprint density at radius 2 is 2.31 bits per heavy atom. The number of ether oxygens (including phenoxy) is 1. The zero-order valence-electron chi connectivity index (χ0n) is 15.0. The fourth-order valence-corrected chi connectivity index (χ4v) is 3.33. The van der Waals surface area contributed by atoms with Gasteiger partial charge >= 0.3 is 0 Å². The third-order valence-corrected chi connectivity index (χ3v) is 4.56. The number of aromatic nitrogens is 2. The molecule has 0 radical (unpaired) electrons. The molecule has 2 N–H and O–H groups in total. The Kier molecular flexibility index (Phi) is 4.42. The van der Waals surface area contributed by atoms with Crippen LogP contribution in [0.2, 0.25) is 0 Å². The molecular formula is C19H23N3O4. The summed E-state index contributed by atoms with van der Waals surface area (Å²) >= 11 is 0. The number of likely N-dealkylation sites (tertiary alicyclic amines) is 1. The van der Waals surface area contributed by atoms with Gasteiger partial charge in [-0.15, -0.1) is 0 Å². The average Bonchev–Trinajstić information content (AvgIpc) is 3.17. The molecule has 1 atom stereocenters. The number of nitrogens with zero attached hydrogens (tertiary/aromatic N) is 2. The Morgan fingerprint density at radius 1 is 1.46 bits per heavy atom. The number of H-pyrrole nitrogens is 1. The first-order valence-corrected chi connectivity index (χ1v) is 8.99. The van der Waals surface area contributed by atoms with Crippen LogP contribution in [0.1, 0.15) is 26.1 Å². The molecule has 0 unspecified atom stereocenters. The Morgan fingerprint density at radius 3 is 3.04 bits per heavy atom. The summed E-state index contributed by atoms with van der Waals surface area (Å²) in [6.45, 7) is 6.62. The van der Waals surface area contributed by atoms with Crippen LogP contribution < -0.4 is 10.3 Å². The number of aromatic amines is 1. The van der Waals surface area contributed by atoms with Gasteiger partial charge in [-0.3, -0.25) is 9.69 Å². The minimum atomic E-state index is -0.309. The van der Waals surface area contributed by atoms with Crippen molar-refractivity contribution in [3.8, 4) is 5.75 Å². The molecule has 3 heterocycles. The molecule has 1 fully saturated rings. The number of furan rings is 1. The monoisotopic (exact) mass is 357 g/mol. The maximum atomic E-state index is 12.5. The van der Waals surface area contributed by atoms with Crippen molar-refractivity contribution >= 4 is 22.1 Å². The zero-order valence-corrected chi connectivity index (χ0v) is 15.0.